The van der Waals surface area contributed by atoms with Crippen molar-refractivity contribution in [3.8, 4) is 0 Å². The van der Waals surface area contributed by atoms with E-state index in [2.05, 4.69) is 20.9 Å². The molecule has 29 heavy (non-hydrogen) atoms. The highest BCUT2D eigenvalue weighted by atomic mass is 32.2. The molecular formula is C19H20N6O3S. The van der Waals surface area contributed by atoms with Crippen molar-refractivity contribution in [1.82, 2.24) is 30.3 Å². The average Bonchev–Trinajstić information content (AvgIpc) is 3.21. The van der Waals surface area contributed by atoms with Crippen LogP contribution in [0.5, 0.6) is 0 Å². The number of nitrogens with zero attached hydrogens (tertiary/aromatic N) is 4. The van der Waals surface area contributed by atoms with Crippen LogP contribution in [0, 0.1) is 6.92 Å². The minimum atomic E-state index is -1.00. The third-order valence-corrected chi connectivity index (χ3v) is 6.04. The molecule has 1 fully saturated rings. The van der Waals surface area contributed by atoms with Gasteiger partial charge >= 0.3 is 6.03 Å². The van der Waals surface area contributed by atoms with Crippen molar-refractivity contribution in [3.63, 3.8) is 0 Å². The lowest BCUT2D eigenvalue weighted by Crippen LogP contribution is -2.49. The Labute approximate surface area is 170 Å². The van der Waals surface area contributed by atoms with Gasteiger partial charge < -0.3 is 5.32 Å². The number of carbonyl (C=O) groups is 3. The van der Waals surface area contributed by atoms with E-state index in [1.54, 1.807) is 13.8 Å². The van der Waals surface area contributed by atoms with E-state index in [1.165, 1.54) is 11.8 Å². The summed E-state index contributed by atoms with van der Waals surface area (Å²) in [6.45, 7) is 5.44. The highest BCUT2D eigenvalue weighted by Gasteiger charge is 2.47. The maximum Gasteiger partial charge on any atom is 0.344 e. The van der Waals surface area contributed by atoms with Gasteiger partial charge in [0.15, 0.2) is 10.8 Å². The molecule has 1 aromatic carbocycles. The molecule has 2 aromatic heterocycles. The van der Waals surface area contributed by atoms with Gasteiger partial charge in [0.1, 0.15) is 5.54 Å². The van der Waals surface area contributed by atoms with E-state index in [0.29, 0.717) is 17.2 Å². The van der Waals surface area contributed by atoms with Gasteiger partial charge in [-0.05, 0) is 38.0 Å². The number of rotatable bonds is 5. The van der Waals surface area contributed by atoms with Crippen molar-refractivity contribution in [2.24, 2.45) is 0 Å². The van der Waals surface area contributed by atoms with Crippen LogP contribution in [0.3, 0.4) is 0 Å². The van der Waals surface area contributed by atoms with E-state index in [0.717, 1.165) is 21.5 Å². The largest absolute Gasteiger partial charge is 0.344 e. The Morgan fingerprint density at radius 2 is 2.03 bits per heavy atom. The van der Waals surface area contributed by atoms with E-state index in [9.17, 15) is 14.4 Å². The number of aryl methyl sites for hydroxylation is 1. The molecule has 1 aliphatic heterocycles. The molecule has 4 rings (SSSR count). The number of imide groups is 1. The summed E-state index contributed by atoms with van der Waals surface area (Å²) in [5.41, 5.74) is 4.11. The Morgan fingerprint density at radius 1 is 1.28 bits per heavy atom. The van der Waals surface area contributed by atoms with Crippen LogP contribution < -0.4 is 10.7 Å². The third-order valence-electron chi connectivity index (χ3n) is 5.11. The van der Waals surface area contributed by atoms with Crippen LogP contribution >= 0.6 is 11.8 Å². The Morgan fingerprint density at radius 3 is 2.76 bits per heavy atom. The molecule has 0 aliphatic carbocycles. The second kappa shape index (κ2) is 7.03. The van der Waals surface area contributed by atoms with Gasteiger partial charge in [-0.25, -0.2) is 4.79 Å². The minimum absolute atomic E-state index is 0.0249. The molecule has 1 aliphatic rings. The Kier molecular flexibility index (Phi) is 4.65. The summed E-state index contributed by atoms with van der Waals surface area (Å²) in [6, 6.07) is 9.21. The first-order valence-electron chi connectivity index (χ1n) is 9.16. The minimum Gasteiger partial charge on any atom is -0.322 e. The molecule has 0 radical (unpaired) electrons. The van der Waals surface area contributed by atoms with E-state index in [4.69, 9.17) is 0 Å². The van der Waals surface area contributed by atoms with Crippen molar-refractivity contribution in [2.45, 2.75) is 37.9 Å². The van der Waals surface area contributed by atoms with Gasteiger partial charge in [0.25, 0.3) is 5.91 Å². The number of hydrogen-bond donors (Lipinski definition) is 2. The second-order valence-electron chi connectivity index (χ2n) is 7.10. The normalized spacial score (nSPS) is 19.2. The highest BCUT2D eigenvalue weighted by Crippen LogP contribution is 2.26. The summed E-state index contributed by atoms with van der Waals surface area (Å²) in [5, 5.41) is 13.4. The first-order valence-corrected chi connectivity index (χ1v) is 10.1. The van der Waals surface area contributed by atoms with Crippen molar-refractivity contribution in [3.05, 3.63) is 35.9 Å². The number of benzene rings is 1. The molecule has 4 amide bonds. The van der Waals surface area contributed by atoms with Gasteiger partial charge in [0, 0.05) is 5.39 Å². The summed E-state index contributed by atoms with van der Waals surface area (Å²) in [7, 11) is 0. The summed E-state index contributed by atoms with van der Waals surface area (Å²) in [4.78, 5) is 36.8. The Balaban J connectivity index is 1.52. The van der Waals surface area contributed by atoms with Crippen LogP contribution in [-0.2, 0) is 9.59 Å². The van der Waals surface area contributed by atoms with E-state index < -0.39 is 23.4 Å². The number of amides is 4. The number of pyridine rings is 1. The van der Waals surface area contributed by atoms with Crippen LogP contribution in [0.2, 0.25) is 0 Å². The average molecular weight is 412 g/mol. The topological polar surface area (TPSA) is 109 Å². The molecular weight excluding hydrogens is 392 g/mol. The zero-order valence-electron chi connectivity index (χ0n) is 16.2. The lowest BCUT2D eigenvalue weighted by Gasteiger charge is -2.19. The van der Waals surface area contributed by atoms with E-state index >= 15 is 0 Å². The molecule has 0 spiro atoms. The second-order valence-corrected chi connectivity index (χ2v) is 8.04. The molecule has 0 saturated carbocycles. The zero-order valence-corrected chi connectivity index (χ0v) is 17.0. The SMILES string of the molecule is CCC1(C)NC(=O)N(NC(=O)CSc2nnc3cc(C)c4ccccc4n23)C1=O. The van der Waals surface area contributed by atoms with Gasteiger partial charge in [-0.3, -0.25) is 19.4 Å². The molecule has 3 aromatic rings. The number of aromatic nitrogens is 3. The van der Waals surface area contributed by atoms with Gasteiger partial charge in [0.05, 0.1) is 11.3 Å². The predicted molar refractivity (Wildman–Crippen MR) is 108 cm³/mol. The van der Waals surface area contributed by atoms with Gasteiger partial charge in [-0.1, -0.05) is 36.9 Å². The molecule has 1 atom stereocenters. The lowest BCUT2D eigenvalue weighted by atomic mass is 10.00. The first-order chi connectivity index (χ1) is 13.8. The highest BCUT2D eigenvalue weighted by molar-refractivity contribution is 7.99. The number of para-hydroxylation sites is 1. The number of carbonyl (C=O) groups excluding carboxylic acids is 3. The zero-order chi connectivity index (χ0) is 20.8. The fourth-order valence-electron chi connectivity index (χ4n) is 3.28. The lowest BCUT2D eigenvalue weighted by molar-refractivity contribution is -0.137. The number of fused-ring (bicyclic) bond motifs is 3. The van der Waals surface area contributed by atoms with Crippen LogP contribution in [0.4, 0.5) is 4.79 Å². The number of nitrogens with one attached hydrogen (secondary N) is 2. The molecule has 10 heteroatoms. The predicted octanol–water partition coefficient (Wildman–Crippen LogP) is 2.03. The summed E-state index contributed by atoms with van der Waals surface area (Å²) in [6.07, 6.45) is 0.427. The van der Waals surface area contributed by atoms with Crippen molar-refractivity contribution < 1.29 is 14.4 Å². The molecule has 1 saturated heterocycles. The maximum absolute atomic E-state index is 12.4. The van der Waals surface area contributed by atoms with Gasteiger partial charge in [0.2, 0.25) is 5.91 Å². The number of thioether (sulfide) groups is 1. The van der Waals surface area contributed by atoms with Crippen LogP contribution in [0.15, 0.2) is 35.5 Å². The summed E-state index contributed by atoms with van der Waals surface area (Å²) < 4.78 is 1.89. The van der Waals surface area contributed by atoms with Gasteiger partial charge in [-0.2, -0.15) is 5.01 Å². The summed E-state index contributed by atoms with van der Waals surface area (Å²) >= 11 is 1.18. The number of hydrogen-bond acceptors (Lipinski definition) is 6. The summed E-state index contributed by atoms with van der Waals surface area (Å²) in [5.74, 6) is -0.979. The molecule has 2 N–H and O–H groups in total. The molecule has 9 nitrogen and oxygen atoms in total. The quantitative estimate of drug-likeness (QED) is 0.490. The number of urea groups is 1. The van der Waals surface area contributed by atoms with Crippen molar-refractivity contribution >= 4 is 46.2 Å². The molecule has 0 bridgehead atoms. The molecule has 3 heterocycles. The van der Waals surface area contributed by atoms with Crippen molar-refractivity contribution in [2.75, 3.05) is 5.75 Å². The van der Waals surface area contributed by atoms with Gasteiger partial charge in [-0.15, -0.1) is 10.2 Å². The van der Waals surface area contributed by atoms with E-state index in [1.807, 2.05) is 41.7 Å². The van der Waals surface area contributed by atoms with Crippen LogP contribution in [-0.4, -0.2) is 48.7 Å². The maximum atomic E-state index is 12.4. The van der Waals surface area contributed by atoms with Crippen molar-refractivity contribution in [1.29, 1.82) is 0 Å². The standard InChI is InChI=1S/C19H20N6O3S/c1-4-19(3)16(27)25(17(28)20-19)23-15(26)10-29-18-22-21-14-9-11(2)12-7-5-6-8-13(12)24(14)18/h5-9H,4,10H2,1-3H3,(H,20,28)(H,23,26). The molecule has 1 unspecified atom stereocenters. The first kappa shape index (κ1) is 19.2. The fraction of sp³-hybridized carbons (Fsp3) is 0.316. The smallest absolute Gasteiger partial charge is 0.322 e. The molecule has 150 valence electrons. The van der Waals surface area contributed by atoms with Crippen LogP contribution in [0.25, 0.3) is 16.6 Å². The van der Waals surface area contributed by atoms with Crippen LogP contribution in [0.1, 0.15) is 25.8 Å². The fourth-order valence-corrected chi connectivity index (χ4v) is 4.03. The monoisotopic (exact) mass is 412 g/mol. The third kappa shape index (κ3) is 3.19. The Bertz CT molecular complexity index is 1160. The Hall–Kier alpha value is -3.14. The number of hydrazine groups is 1. The van der Waals surface area contributed by atoms with E-state index in [-0.39, 0.29) is 5.75 Å².